The molecule has 126 valence electrons. The molecule has 2 aromatic carbocycles. The molecule has 0 radical (unpaired) electrons. The second-order valence-corrected chi connectivity index (χ2v) is 6.06. The second kappa shape index (κ2) is 7.47. The Kier molecular flexibility index (Phi) is 5.13. The highest BCUT2D eigenvalue weighted by molar-refractivity contribution is 5.94. The molecule has 0 atom stereocenters. The Hall–Kier alpha value is -2.37. The van der Waals surface area contributed by atoms with Crippen molar-refractivity contribution in [2.75, 3.05) is 27.2 Å². The number of hydrazine groups is 1. The molecular formula is C19H23N3O2. The first kappa shape index (κ1) is 16.5. The lowest BCUT2D eigenvalue weighted by Crippen LogP contribution is -2.26. The molecule has 2 N–H and O–H groups in total. The monoisotopic (exact) mass is 325 g/mol. The molecule has 0 aliphatic carbocycles. The molecule has 1 aliphatic heterocycles. The van der Waals surface area contributed by atoms with Crippen LogP contribution in [0.4, 0.5) is 0 Å². The minimum atomic E-state index is -0.00799. The molecule has 0 bridgehead atoms. The van der Waals surface area contributed by atoms with E-state index in [1.165, 1.54) is 0 Å². The highest BCUT2D eigenvalue weighted by Crippen LogP contribution is 2.29. The molecule has 0 unspecified atom stereocenters. The minimum absolute atomic E-state index is 0.00799. The number of rotatable bonds is 5. The number of hydrogen-bond donors (Lipinski definition) is 2. The standard InChI is InChI=1S/C19H23N3O2/c1-22(13-14-6-4-3-5-7-14)19(23)15-8-9-17(18(10-15)24-2)16-11-20-21-12-16/h3-10,16,20-21H,11-13H2,1-2H3. The van der Waals surface area contributed by atoms with Gasteiger partial charge in [0, 0.05) is 38.2 Å². The number of methoxy groups -OCH3 is 1. The van der Waals surface area contributed by atoms with Crippen LogP contribution in [0.25, 0.3) is 0 Å². The van der Waals surface area contributed by atoms with Crippen LogP contribution >= 0.6 is 0 Å². The zero-order chi connectivity index (χ0) is 16.9. The highest BCUT2D eigenvalue weighted by atomic mass is 16.5. The number of nitrogens with one attached hydrogen (secondary N) is 2. The Labute approximate surface area is 142 Å². The summed E-state index contributed by atoms with van der Waals surface area (Å²) >= 11 is 0. The zero-order valence-corrected chi connectivity index (χ0v) is 14.1. The lowest BCUT2D eigenvalue weighted by Gasteiger charge is -2.19. The molecule has 0 aromatic heterocycles. The van der Waals surface area contributed by atoms with E-state index in [1.807, 2.05) is 55.6 Å². The second-order valence-electron chi connectivity index (χ2n) is 6.06. The van der Waals surface area contributed by atoms with Crippen LogP contribution in [0.5, 0.6) is 5.75 Å². The number of carbonyl (C=O) groups excluding carboxylic acids is 1. The minimum Gasteiger partial charge on any atom is -0.496 e. The maximum Gasteiger partial charge on any atom is 0.254 e. The Balaban J connectivity index is 1.77. The summed E-state index contributed by atoms with van der Waals surface area (Å²) < 4.78 is 5.52. The summed E-state index contributed by atoms with van der Waals surface area (Å²) in [6.07, 6.45) is 0. The van der Waals surface area contributed by atoms with Crippen LogP contribution in [0, 0.1) is 0 Å². The average Bonchev–Trinajstić information content (AvgIpc) is 3.15. The zero-order valence-electron chi connectivity index (χ0n) is 14.1. The maximum atomic E-state index is 12.7. The SMILES string of the molecule is COc1cc(C(=O)N(C)Cc2ccccc2)ccc1C1CNNC1. The fourth-order valence-corrected chi connectivity index (χ4v) is 3.01. The molecule has 0 saturated carbocycles. The van der Waals surface area contributed by atoms with E-state index in [0.717, 1.165) is 30.0 Å². The molecular weight excluding hydrogens is 302 g/mol. The van der Waals surface area contributed by atoms with Crippen LogP contribution in [-0.2, 0) is 6.54 Å². The Morgan fingerprint density at radius 2 is 1.88 bits per heavy atom. The first-order valence-corrected chi connectivity index (χ1v) is 8.12. The predicted molar refractivity (Wildman–Crippen MR) is 94.0 cm³/mol. The highest BCUT2D eigenvalue weighted by Gasteiger charge is 2.22. The predicted octanol–water partition coefficient (Wildman–Crippen LogP) is 2.16. The molecule has 1 saturated heterocycles. The fourth-order valence-electron chi connectivity index (χ4n) is 3.01. The number of amides is 1. The van der Waals surface area contributed by atoms with Crippen LogP contribution in [0.15, 0.2) is 48.5 Å². The third-order valence-electron chi connectivity index (χ3n) is 4.35. The third-order valence-corrected chi connectivity index (χ3v) is 4.35. The number of nitrogens with zero attached hydrogens (tertiary/aromatic N) is 1. The third kappa shape index (κ3) is 3.58. The molecule has 3 rings (SSSR count). The summed E-state index contributed by atoms with van der Waals surface area (Å²) in [6, 6.07) is 15.7. The summed E-state index contributed by atoms with van der Waals surface area (Å²) in [6.45, 7) is 2.30. The summed E-state index contributed by atoms with van der Waals surface area (Å²) in [5.41, 5.74) is 9.13. The summed E-state index contributed by atoms with van der Waals surface area (Å²) in [5, 5.41) is 0. The van der Waals surface area contributed by atoms with E-state index in [2.05, 4.69) is 10.9 Å². The topological polar surface area (TPSA) is 53.6 Å². The molecule has 1 heterocycles. The largest absolute Gasteiger partial charge is 0.496 e. The van der Waals surface area contributed by atoms with E-state index in [1.54, 1.807) is 12.0 Å². The molecule has 2 aromatic rings. The quantitative estimate of drug-likeness (QED) is 0.884. The molecule has 1 aliphatic rings. The molecule has 1 fully saturated rings. The van der Waals surface area contributed by atoms with Crippen molar-refractivity contribution in [2.45, 2.75) is 12.5 Å². The molecule has 5 nitrogen and oxygen atoms in total. The first-order chi connectivity index (χ1) is 11.7. The van der Waals surface area contributed by atoms with Gasteiger partial charge in [0.15, 0.2) is 0 Å². The van der Waals surface area contributed by atoms with Gasteiger partial charge in [-0.15, -0.1) is 0 Å². The number of hydrogen-bond acceptors (Lipinski definition) is 4. The summed E-state index contributed by atoms with van der Waals surface area (Å²) in [7, 11) is 3.47. The Bertz CT molecular complexity index is 697. The van der Waals surface area contributed by atoms with Crippen LogP contribution in [0.3, 0.4) is 0 Å². The molecule has 24 heavy (non-hydrogen) atoms. The van der Waals surface area contributed by atoms with Crippen molar-refractivity contribution in [3.8, 4) is 5.75 Å². The smallest absolute Gasteiger partial charge is 0.254 e. The Morgan fingerprint density at radius 1 is 1.17 bits per heavy atom. The van der Waals surface area contributed by atoms with E-state index in [4.69, 9.17) is 4.74 Å². The van der Waals surface area contributed by atoms with Crippen LogP contribution in [0.2, 0.25) is 0 Å². The maximum absolute atomic E-state index is 12.7. The van der Waals surface area contributed by atoms with Gasteiger partial charge in [-0.3, -0.25) is 15.6 Å². The van der Waals surface area contributed by atoms with Crippen molar-refractivity contribution >= 4 is 5.91 Å². The van der Waals surface area contributed by atoms with Gasteiger partial charge < -0.3 is 9.64 Å². The van der Waals surface area contributed by atoms with Gasteiger partial charge >= 0.3 is 0 Å². The van der Waals surface area contributed by atoms with E-state index in [0.29, 0.717) is 18.0 Å². The van der Waals surface area contributed by atoms with Gasteiger partial charge in [0.2, 0.25) is 0 Å². The van der Waals surface area contributed by atoms with Crippen molar-refractivity contribution in [3.05, 3.63) is 65.2 Å². The van der Waals surface area contributed by atoms with Crippen molar-refractivity contribution < 1.29 is 9.53 Å². The summed E-state index contributed by atoms with van der Waals surface area (Å²) in [4.78, 5) is 14.4. The van der Waals surface area contributed by atoms with Gasteiger partial charge in [-0.25, -0.2) is 0 Å². The van der Waals surface area contributed by atoms with Gasteiger partial charge in [-0.05, 0) is 23.3 Å². The van der Waals surface area contributed by atoms with Crippen molar-refractivity contribution in [1.29, 1.82) is 0 Å². The molecule has 0 spiro atoms. The van der Waals surface area contributed by atoms with Crippen molar-refractivity contribution in [1.82, 2.24) is 15.8 Å². The van der Waals surface area contributed by atoms with Gasteiger partial charge in [-0.1, -0.05) is 36.4 Å². The van der Waals surface area contributed by atoms with Gasteiger partial charge in [0.1, 0.15) is 5.75 Å². The molecule has 1 amide bonds. The van der Waals surface area contributed by atoms with Crippen LogP contribution < -0.4 is 15.6 Å². The van der Waals surface area contributed by atoms with E-state index in [9.17, 15) is 4.79 Å². The number of ether oxygens (including phenoxy) is 1. The number of benzene rings is 2. The van der Waals surface area contributed by atoms with Crippen molar-refractivity contribution in [2.24, 2.45) is 0 Å². The molecule has 5 heteroatoms. The van der Waals surface area contributed by atoms with Crippen LogP contribution in [0.1, 0.15) is 27.4 Å². The first-order valence-electron chi connectivity index (χ1n) is 8.12. The normalized spacial score (nSPS) is 14.6. The number of carbonyl (C=O) groups is 1. The van der Waals surface area contributed by atoms with E-state index in [-0.39, 0.29) is 5.91 Å². The lowest BCUT2D eigenvalue weighted by molar-refractivity contribution is 0.0784. The van der Waals surface area contributed by atoms with Crippen molar-refractivity contribution in [3.63, 3.8) is 0 Å². The average molecular weight is 325 g/mol. The fraction of sp³-hybridized carbons (Fsp3) is 0.316. The van der Waals surface area contributed by atoms with Crippen LogP contribution in [-0.4, -0.2) is 38.1 Å². The Morgan fingerprint density at radius 3 is 2.54 bits per heavy atom. The summed E-state index contributed by atoms with van der Waals surface area (Å²) in [5.74, 6) is 1.11. The lowest BCUT2D eigenvalue weighted by atomic mass is 9.97. The van der Waals surface area contributed by atoms with Gasteiger partial charge in [0.05, 0.1) is 7.11 Å². The van der Waals surface area contributed by atoms with E-state index >= 15 is 0 Å². The van der Waals surface area contributed by atoms with Gasteiger partial charge in [-0.2, -0.15) is 0 Å². The van der Waals surface area contributed by atoms with E-state index < -0.39 is 0 Å². The van der Waals surface area contributed by atoms with Gasteiger partial charge in [0.25, 0.3) is 5.91 Å².